The highest BCUT2D eigenvalue weighted by Gasteiger charge is 2.13. The fourth-order valence-electron chi connectivity index (χ4n) is 2.12. The summed E-state index contributed by atoms with van der Waals surface area (Å²) >= 11 is 0. The zero-order chi connectivity index (χ0) is 14.7. The first-order valence-corrected chi connectivity index (χ1v) is 6.86. The molecule has 0 amide bonds. The maximum absolute atomic E-state index is 12.6. The van der Waals surface area contributed by atoms with Crippen LogP contribution >= 0.6 is 0 Å². The number of benzene rings is 2. The molecule has 0 radical (unpaired) electrons. The Labute approximate surface area is 120 Å². The second-order valence-corrected chi connectivity index (χ2v) is 5.34. The van der Waals surface area contributed by atoms with E-state index in [1.54, 1.807) is 0 Å². The molecule has 0 aromatic heterocycles. The van der Waals surface area contributed by atoms with Gasteiger partial charge in [-0.05, 0) is 51.5 Å². The van der Waals surface area contributed by atoms with Gasteiger partial charge in [0.1, 0.15) is 5.75 Å². The predicted octanol–water partition coefficient (Wildman–Crippen LogP) is 4.32. The first-order chi connectivity index (χ1) is 9.47. The van der Waals surface area contributed by atoms with Crippen LogP contribution in [-0.4, -0.2) is 11.9 Å². The molecule has 0 heterocycles. The van der Waals surface area contributed by atoms with E-state index < -0.39 is 0 Å². The highest BCUT2D eigenvalue weighted by molar-refractivity contribution is 6.10. The zero-order valence-electron chi connectivity index (χ0n) is 12.4. The van der Waals surface area contributed by atoms with Gasteiger partial charge in [0.05, 0.1) is 6.10 Å². The number of rotatable bonds is 4. The van der Waals surface area contributed by atoms with Crippen LogP contribution in [0.15, 0.2) is 42.5 Å². The number of ether oxygens (including phenoxy) is 1. The molecule has 0 aliphatic heterocycles. The SMILES string of the molecule is Cc1ccc(C)c(C(=O)c2cccc(OC(C)C)c2)c1. The molecule has 2 nitrogen and oxygen atoms in total. The summed E-state index contributed by atoms with van der Waals surface area (Å²) in [6.07, 6.45) is 0.0982. The fraction of sp³-hybridized carbons (Fsp3) is 0.278. The van der Waals surface area contributed by atoms with E-state index in [9.17, 15) is 4.79 Å². The third-order valence-electron chi connectivity index (χ3n) is 3.11. The summed E-state index contributed by atoms with van der Waals surface area (Å²) in [5.74, 6) is 0.775. The molecule has 0 aliphatic rings. The summed E-state index contributed by atoms with van der Waals surface area (Å²) in [4.78, 5) is 12.6. The summed E-state index contributed by atoms with van der Waals surface area (Å²) < 4.78 is 5.64. The molecule has 0 spiro atoms. The maximum Gasteiger partial charge on any atom is 0.193 e. The van der Waals surface area contributed by atoms with Crippen molar-refractivity contribution in [3.05, 3.63) is 64.7 Å². The lowest BCUT2D eigenvalue weighted by Gasteiger charge is -2.11. The van der Waals surface area contributed by atoms with Crippen molar-refractivity contribution in [2.24, 2.45) is 0 Å². The predicted molar refractivity (Wildman–Crippen MR) is 81.6 cm³/mol. The number of aryl methyl sites for hydroxylation is 2. The van der Waals surface area contributed by atoms with E-state index in [0.29, 0.717) is 5.56 Å². The molecule has 0 bridgehead atoms. The number of hydrogen-bond acceptors (Lipinski definition) is 2. The Kier molecular flexibility index (Phi) is 4.23. The van der Waals surface area contributed by atoms with Gasteiger partial charge in [0.15, 0.2) is 5.78 Å². The van der Waals surface area contributed by atoms with Gasteiger partial charge in [0.2, 0.25) is 0 Å². The van der Waals surface area contributed by atoms with Crippen LogP contribution in [-0.2, 0) is 0 Å². The molecule has 2 rings (SSSR count). The van der Waals surface area contributed by atoms with E-state index in [0.717, 1.165) is 22.4 Å². The minimum Gasteiger partial charge on any atom is -0.491 e. The van der Waals surface area contributed by atoms with Gasteiger partial charge in [0, 0.05) is 11.1 Å². The first-order valence-electron chi connectivity index (χ1n) is 6.86. The molecule has 0 atom stereocenters. The monoisotopic (exact) mass is 268 g/mol. The Morgan fingerprint density at radius 2 is 1.80 bits per heavy atom. The van der Waals surface area contributed by atoms with E-state index in [-0.39, 0.29) is 11.9 Å². The van der Waals surface area contributed by atoms with Crippen LogP contribution in [0.5, 0.6) is 5.75 Å². The van der Waals surface area contributed by atoms with Gasteiger partial charge >= 0.3 is 0 Å². The van der Waals surface area contributed by atoms with Crippen molar-refractivity contribution in [1.82, 2.24) is 0 Å². The minimum atomic E-state index is 0.0420. The maximum atomic E-state index is 12.6. The van der Waals surface area contributed by atoms with Crippen molar-refractivity contribution in [2.75, 3.05) is 0 Å². The van der Waals surface area contributed by atoms with Gasteiger partial charge in [-0.2, -0.15) is 0 Å². The van der Waals surface area contributed by atoms with Crippen molar-refractivity contribution in [3.63, 3.8) is 0 Å². The molecule has 2 aromatic rings. The topological polar surface area (TPSA) is 26.3 Å². The van der Waals surface area contributed by atoms with Crippen molar-refractivity contribution >= 4 is 5.78 Å². The highest BCUT2D eigenvalue weighted by Crippen LogP contribution is 2.20. The Morgan fingerprint density at radius 3 is 2.50 bits per heavy atom. The Hall–Kier alpha value is -2.09. The Morgan fingerprint density at radius 1 is 1.05 bits per heavy atom. The molecule has 0 aliphatic carbocycles. The average Bonchev–Trinajstić information content (AvgIpc) is 2.40. The molecule has 0 saturated heterocycles. The Balaban J connectivity index is 2.35. The molecule has 0 saturated carbocycles. The van der Waals surface area contributed by atoms with E-state index in [1.165, 1.54) is 0 Å². The summed E-state index contributed by atoms with van der Waals surface area (Å²) in [6.45, 7) is 7.90. The van der Waals surface area contributed by atoms with Gasteiger partial charge in [-0.15, -0.1) is 0 Å². The van der Waals surface area contributed by atoms with Crippen LogP contribution in [0, 0.1) is 13.8 Å². The van der Waals surface area contributed by atoms with E-state index in [4.69, 9.17) is 4.74 Å². The van der Waals surface area contributed by atoms with Crippen LogP contribution in [0.3, 0.4) is 0 Å². The molecule has 104 valence electrons. The van der Waals surface area contributed by atoms with Crippen molar-refractivity contribution in [3.8, 4) is 5.75 Å². The third kappa shape index (κ3) is 3.27. The lowest BCUT2D eigenvalue weighted by atomic mass is 9.97. The second kappa shape index (κ2) is 5.91. The van der Waals surface area contributed by atoms with E-state index >= 15 is 0 Å². The minimum absolute atomic E-state index is 0.0420. The molecule has 0 fully saturated rings. The lowest BCUT2D eigenvalue weighted by Crippen LogP contribution is -2.08. The fourth-order valence-corrected chi connectivity index (χ4v) is 2.12. The molecule has 0 unspecified atom stereocenters. The smallest absolute Gasteiger partial charge is 0.193 e. The van der Waals surface area contributed by atoms with E-state index in [1.807, 2.05) is 70.2 Å². The van der Waals surface area contributed by atoms with Crippen molar-refractivity contribution in [2.45, 2.75) is 33.8 Å². The van der Waals surface area contributed by atoms with Gasteiger partial charge < -0.3 is 4.74 Å². The third-order valence-corrected chi connectivity index (χ3v) is 3.11. The van der Waals surface area contributed by atoms with Crippen LogP contribution in [0.25, 0.3) is 0 Å². The number of carbonyl (C=O) groups is 1. The normalized spacial score (nSPS) is 10.7. The lowest BCUT2D eigenvalue weighted by molar-refractivity contribution is 0.103. The van der Waals surface area contributed by atoms with Gasteiger partial charge in [-0.25, -0.2) is 0 Å². The van der Waals surface area contributed by atoms with Gasteiger partial charge in [-0.1, -0.05) is 29.8 Å². The quantitative estimate of drug-likeness (QED) is 0.772. The molecular formula is C18H20O2. The van der Waals surface area contributed by atoms with Crippen LogP contribution in [0.2, 0.25) is 0 Å². The summed E-state index contributed by atoms with van der Waals surface area (Å²) in [7, 11) is 0. The van der Waals surface area contributed by atoms with E-state index in [2.05, 4.69) is 0 Å². The van der Waals surface area contributed by atoms with Crippen molar-refractivity contribution < 1.29 is 9.53 Å². The zero-order valence-corrected chi connectivity index (χ0v) is 12.4. The molecular weight excluding hydrogens is 248 g/mol. The summed E-state index contributed by atoms with van der Waals surface area (Å²) in [5, 5.41) is 0. The second-order valence-electron chi connectivity index (χ2n) is 5.34. The van der Waals surface area contributed by atoms with Crippen LogP contribution < -0.4 is 4.74 Å². The number of hydrogen-bond donors (Lipinski definition) is 0. The number of ketones is 1. The van der Waals surface area contributed by atoms with Gasteiger partial charge in [0.25, 0.3) is 0 Å². The number of carbonyl (C=O) groups excluding carboxylic acids is 1. The standard InChI is InChI=1S/C18H20O2/c1-12(2)20-16-7-5-6-15(11-16)18(19)17-10-13(3)8-9-14(17)4/h5-12H,1-4H3. The van der Waals surface area contributed by atoms with Crippen molar-refractivity contribution in [1.29, 1.82) is 0 Å². The molecule has 0 N–H and O–H groups in total. The average molecular weight is 268 g/mol. The van der Waals surface area contributed by atoms with Crippen LogP contribution in [0.1, 0.15) is 40.9 Å². The molecule has 2 aromatic carbocycles. The Bertz CT molecular complexity index is 627. The largest absolute Gasteiger partial charge is 0.491 e. The molecule has 20 heavy (non-hydrogen) atoms. The molecule has 2 heteroatoms. The highest BCUT2D eigenvalue weighted by atomic mass is 16.5. The van der Waals surface area contributed by atoms with Crippen LogP contribution in [0.4, 0.5) is 0 Å². The summed E-state index contributed by atoms with van der Waals surface area (Å²) in [5.41, 5.74) is 3.51. The summed E-state index contributed by atoms with van der Waals surface area (Å²) in [6, 6.07) is 13.3. The first kappa shape index (κ1) is 14.3. The van der Waals surface area contributed by atoms with Gasteiger partial charge in [-0.3, -0.25) is 4.79 Å².